The van der Waals surface area contributed by atoms with Crippen LogP contribution in [-0.4, -0.2) is 47.8 Å². The molecule has 33 heavy (non-hydrogen) atoms. The third-order valence-electron chi connectivity index (χ3n) is 6.27. The molecule has 3 atom stereocenters. The number of carbonyl (C=O) groups is 3. The number of hydrogen-bond donors (Lipinski definition) is 4. The third kappa shape index (κ3) is 4.45. The van der Waals surface area contributed by atoms with Crippen molar-refractivity contribution in [3.63, 3.8) is 0 Å². The van der Waals surface area contributed by atoms with Crippen molar-refractivity contribution in [2.45, 2.75) is 31.2 Å². The Hall–Kier alpha value is -3.72. The van der Waals surface area contributed by atoms with E-state index in [1.807, 2.05) is 0 Å². The molecule has 0 aliphatic carbocycles. The van der Waals surface area contributed by atoms with Gasteiger partial charge in [0.15, 0.2) is 11.3 Å². The van der Waals surface area contributed by atoms with Crippen molar-refractivity contribution >= 4 is 29.2 Å². The van der Waals surface area contributed by atoms with E-state index in [0.717, 1.165) is 6.92 Å². The molecule has 1 heterocycles. The maximum Gasteiger partial charge on any atom is 0.332 e. The number of benzene rings is 2. The molecule has 1 fully saturated rings. The van der Waals surface area contributed by atoms with Crippen LogP contribution >= 0.6 is 0 Å². The summed E-state index contributed by atoms with van der Waals surface area (Å²) in [5.41, 5.74) is 11.1. The minimum atomic E-state index is -2.28. The van der Waals surface area contributed by atoms with Crippen LogP contribution in [0.2, 0.25) is 0 Å². The van der Waals surface area contributed by atoms with Crippen LogP contribution in [0.15, 0.2) is 48.5 Å². The molecule has 6 N–H and O–H groups in total. The fourth-order valence-corrected chi connectivity index (χ4v) is 4.42. The Morgan fingerprint density at radius 2 is 1.79 bits per heavy atom. The van der Waals surface area contributed by atoms with Crippen molar-refractivity contribution in [1.29, 1.82) is 5.41 Å². The molecule has 9 heteroatoms. The first-order valence-corrected chi connectivity index (χ1v) is 10.5. The van der Waals surface area contributed by atoms with Crippen LogP contribution in [0.5, 0.6) is 5.75 Å². The second kappa shape index (κ2) is 9.41. The van der Waals surface area contributed by atoms with Gasteiger partial charge >= 0.3 is 5.97 Å². The Morgan fingerprint density at radius 3 is 2.27 bits per heavy atom. The second-order valence-electron chi connectivity index (χ2n) is 8.18. The highest BCUT2D eigenvalue weighted by Gasteiger charge is 2.53. The molecular weight excluding hydrogens is 424 g/mol. The smallest absolute Gasteiger partial charge is 0.332 e. The van der Waals surface area contributed by atoms with Gasteiger partial charge in [0.1, 0.15) is 11.6 Å². The lowest BCUT2D eigenvalue weighted by atomic mass is 9.67. The number of ketones is 1. The van der Waals surface area contributed by atoms with Crippen LogP contribution in [0.4, 0.5) is 5.69 Å². The molecule has 0 aromatic heterocycles. The number of carboxylic acid groups (broad SMARTS) is 1. The zero-order valence-corrected chi connectivity index (χ0v) is 18.6. The number of Topliss-reactive ketones (excluding diaryl/α,β-unsaturated/α-hetero) is 1. The highest BCUT2D eigenvalue weighted by atomic mass is 16.5. The molecule has 3 unspecified atom stereocenters. The standard InChI is InChI=1S/C24H28N4O5/c1-14(29)24(27,23(31)32)20(15-7-11-18(33-2)12-8-15)19-4-3-13-28(22(19)30)17-9-5-16(6-10-17)21(25)26/h5-12,19-20H,3-4,13,27H2,1-2H3,(H3,25,26)(H,31,32). The summed E-state index contributed by atoms with van der Waals surface area (Å²) in [6.07, 6.45) is 0.988. The summed E-state index contributed by atoms with van der Waals surface area (Å²) in [6, 6.07) is 13.3. The van der Waals surface area contributed by atoms with Gasteiger partial charge in [-0.15, -0.1) is 0 Å². The van der Waals surface area contributed by atoms with Crippen molar-refractivity contribution < 1.29 is 24.2 Å². The summed E-state index contributed by atoms with van der Waals surface area (Å²) < 4.78 is 5.18. The number of nitrogens with zero attached hydrogens (tertiary/aromatic N) is 1. The first-order chi connectivity index (χ1) is 15.6. The van der Waals surface area contributed by atoms with Crippen LogP contribution in [0.25, 0.3) is 0 Å². The minimum absolute atomic E-state index is 0.0835. The van der Waals surface area contributed by atoms with Gasteiger partial charge in [0.25, 0.3) is 0 Å². The summed E-state index contributed by atoms with van der Waals surface area (Å²) in [5, 5.41) is 17.5. The van der Waals surface area contributed by atoms with E-state index in [1.165, 1.54) is 7.11 Å². The van der Waals surface area contributed by atoms with Gasteiger partial charge in [0.05, 0.1) is 7.11 Å². The lowest BCUT2D eigenvalue weighted by Gasteiger charge is -2.41. The van der Waals surface area contributed by atoms with E-state index in [0.29, 0.717) is 42.0 Å². The third-order valence-corrected chi connectivity index (χ3v) is 6.27. The van der Waals surface area contributed by atoms with Crippen molar-refractivity contribution in [3.05, 3.63) is 59.7 Å². The van der Waals surface area contributed by atoms with Gasteiger partial charge in [-0.1, -0.05) is 12.1 Å². The van der Waals surface area contributed by atoms with Gasteiger partial charge in [-0.3, -0.25) is 15.0 Å². The molecule has 2 aromatic carbocycles. The Labute approximate surface area is 191 Å². The fraction of sp³-hybridized carbons (Fsp3) is 0.333. The van der Waals surface area contributed by atoms with Crippen LogP contribution in [0.3, 0.4) is 0 Å². The predicted octanol–water partition coefficient (Wildman–Crippen LogP) is 1.88. The highest BCUT2D eigenvalue weighted by Crippen LogP contribution is 2.41. The van der Waals surface area contributed by atoms with Gasteiger partial charge < -0.3 is 26.2 Å². The summed E-state index contributed by atoms with van der Waals surface area (Å²) in [5.74, 6) is -3.96. The minimum Gasteiger partial charge on any atom is -0.497 e. The molecule has 3 rings (SSSR count). The number of carbonyl (C=O) groups excluding carboxylic acids is 2. The first kappa shape index (κ1) is 23.9. The quantitative estimate of drug-likeness (QED) is 0.270. The van der Waals surface area contributed by atoms with Gasteiger partial charge in [-0.25, -0.2) is 4.79 Å². The number of amidine groups is 1. The normalized spacial score (nSPS) is 18.8. The van der Waals surface area contributed by atoms with Gasteiger partial charge in [0, 0.05) is 29.6 Å². The Bertz CT molecular complexity index is 1050. The number of ether oxygens (including phenoxy) is 1. The SMILES string of the molecule is COc1ccc(C(C2CCCN(c3ccc(C(=N)N)cc3)C2=O)C(N)(C(C)=O)C(=O)O)cc1. The van der Waals surface area contributed by atoms with Crippen molar-refractivity contribution in [2.75, 3.05) is 18.6 Å². The lowest BCUT2D eigenvalue weighted by molar-refractivity contribution is -0.150. The number of aliphatic carboxylic acids is 1. The molecule has 0 bridgehead atoms. The van der Waals surface area contributed by atoms with Crippen molar-refractivity contribution in [3.8, 4) is 5.75 Å². The Morgan fingerprint density at radius 1 is 1.18 bits per heavy atom. The predicted molar refractivity (Wildman–Crippen MR) is 124 cm³/mol. The molecular formula is C24H28N4O5. The van der Waals surface area contributed by atoms with E-state index >= 15 is 0 Å². The summed E-state index contributed by atoms with van der Waals surface area (Å²) >= 11 is 0. The number of piperidine rings is 1. The zero-order valence-electron chi connectivity index (χ0n) is 18.6. The maximum absolute atomic E-state index is 13.6. The molecule has 0 saturated carbocycles. The molecule has 1 amide bonds. The molecule has 2 aromatic rings. The van der Waals surface area contributed by atoms with Gasteiger partial charge in [-0.2, -0.15) is 0 Å². The summed E-state index contributed by atoms with van der Waals surface area (Å²) in [4.78, 5) is 40.1. The van der Waals surface area contributed by atoms with Crippen LogP contribution < -0.4 is 21.1 Å². The van der Waals surface area contributed by atoms with E-state index in [9.17, 15) is 19.5 Å². The zero-order chi connectivity index (χ0) is 24.3. The largest absolute Gasteiger partial charge is 0.497 e. The molecule has 1 aliphatic rings. The monoisotopic (exact) mass is 452 g/mol. The molecule has 9 nitrogen and oxygen atoms in total. The number of amides is 1. The van der Waals surface area contributed by atoms with E-state index in [2.05, 4.69) is 0 Å². The average Bonchev–Trinajstić information content (AvgIpc) is 2.80. The van der Waals surface area contributed by atoms with E-state index < -0.39 is 29.1 Å². The summed E-state index contributed by atoms with van der Waals surface area (Å²) in [6.45, 7) is 1.57. The number of methoxy groups -OCH3 is 1. The van der Waals surface area contributed by atoms with Crippen LogP contribution in [0, 0.1) is 11.3 Å². The fourth-order valence-electron chi connectivity index (χ4n) is 4.42. The molecule has 0 spiro atoms. The summed E-state index contributed by atoms with van der Waals surface area (Å²) in [7, 11) is 1.51. The van der Waals surface area contributed by atoms with E-state index in [-0.39, 0.29) is 11.7 Å². The number of rotatable bonds is 8. The number of anilines is 1. The number of nitrogens with two attached hydrogens (primary N) is 2. The molecule has 174 valence electrons. The highest BCUT2D eigenvalue weighted by molar-refractivity contribution is 6.09. The number of nitrogen functional groups attached to an aromatic ring is 1. The van der Waals surface area contributed by atoms with Crippen molar-refractivity contribution in [2.24, 2.45) is 17.4 Å². The second-order valence-corrected chi connectivity index (χ2v) is 8.18. The van der Waals surface area contributed by atoms with E-state index in [4.69, 9.17) is 21.6 Å². The van der Waals surface area contributed by atoms with E-state index in [1.54, 1.807) is 53.4 Å². The Kier molecular flexibility index (Phi) is 6.83. The first-order valence-electron chi connectivity index (χ1n) is 10.5. The number of nitrogens with one attached hydrogen (secondary N) is 1. The number of hydrogen-bond acceptors (Lipinski definition) is 6. The van der Waals surface area contributed by atoms with Gasteiger partial charge in [0.2, 0.25) is 5.91 Å². The Balaban J connectivity index is 2.06. The molecule has 1 saturated heterocycles. The molecule has 1 aliphatic heterocycles. The maximum atomic E-state index is 13.6. The van der Waals surface area contributed by atoms with Gasteiger partial charge in [-0.05, 0) is 61.7 Å². The average molecular weight is 453 g/mol. The van der Waals surface area contributed by atoms with Crippen LogP contribution in [-0.2, 0) is 14.4 Å². The van der Waals surface area contributed by atoms with Crippen molar-refractivity contribution in [1.82, 2.24) is 0 Å². The topological polar surface area (TPSA) is 160 Å². The lowest BCUT2D eigenvalue weighted by Crippen LogP contribution is -2.62. The molecule has 0 radical (unpaired) electrons. The number of carboxylic acids is 1. The van der Waals surface area contributed by atoms with Crippen LogP contribution in [0.1, 0.15) is 36.8 Å².